The largest absolute Gasteiger partial charge is 0.120 e. The van der Waals surface area contributed by atoms with Gasteiger partial charge in [-0.3, -0.25) is 0 Å². The lowest BCUT2D eigenvalue weighted by Crippen LogP contribution is -2.09. The van der Waals surface area contributed by atoms with Crippen LogP contribution in [0.4, 0.5) is 0 Å². The van der Waals surface area contributed by atoms with Gasteiger partial charge in [-0.15, -0.1) is 11.6 Å². The topological polar surface area (TPSA) is 0 Å². The Morgan fingerprint density at radius 1 is 1.50 bits per heavy atom. The van der Waals surface area contributed by atoms with Gasteiger partial charge in [-0.2, -0.15) is 0 Å². The molecule has 0 saturated heterocycles. The highest BCUT2D eigenvalue weighted by molar-refractivity contribution is 6.23. The molecule has 0 amide bonds. The quantitative estimate of drug-likeness (QED) is 0.436. The zero-order valence-electron chi connectivity index (χ0n) is 7.37. The van der Waals surface area contributed by atoms with Crippen LogP contribution in [0.2, 0.25) is 0 Å². The maximum Gasteiger partial charge on any atom is 0.0393 e. The summed E-state index contributed by atoms with van der Waals surface area (Å²) in [5.74, 6) is 0. The molecule has 60 valence electrons. The van der Waals surface area contributed by atoms with Gasteiger partial charge in [0, 0.05) is 4.87 Å². The highest BCUT2D eigenvalue weighted by Gasteiger charge is 2.11. The highest BCUT2D eigenvalue weighted by Crippen LogP contribution is 2.21. The molecule has 0 aromatic carbocycles. The first kappa shape index (κ1) is 10.0. The fourth-order valence-corrected chi connectivity index (χ4v) is 0.733. The summed E-state index contributed by atoms with van der Waals surface area (Å²) in [6.07, 6.45) is 4.32. The lowest BCUT2D eigenvalue weighted by atomic mass is 10.0. The predicted molar refractivity (Wildman–Crippen MR) is 48.6 cm³/mol. The van der Waals surface area contributed by atoms with Crippen LogP contribution in [0, 0.1) is 0 Å². The molecule has 0 radical (unpaired) electrons. The van der Waals surface area contributed by atoms with E-state index >= 15 is 0 Å². The van der Waals surface area contributed by atoms with Crippen molar-refractivity contribution in [2.24, 2.45) is 0 Å². The lowest BCUT2D eigenvalue weighted by Gasteiger charge is -2.14. The zero-order valence-corrected chi connectivity index (χ0v) is 8.13. The van der Waals surface area contributed by atoms with Crippen LogP contribution in [0.3, 0.4) is 0 Å². The van der Waals surface area contributed by atoms with Gasteiger partial charge in [0.05, 0.1) is 0 Å². The summed E-state index contributed by atoms with van der Waals surface area (Å²) in [4.78, 5) is -0.0374. The fourth-order valence-electron chi connectivity index (χ4n) is 0.639. The van der Waals surface area contributed by atoms with Crippen LogP contribution >= 0.6 is 11.6 Å². The molecular weight excluding hydrogens is 144 g/mol. The predicted octanol–water partition coefficient (Wildman–Crippen LogP) is 3.75. The molecular formula is C9H17Cl. The molecule has 0 rings (SSSR count). The van der Waals surface area contributed by atoms with Crippen LogP contribution in [0.5, 0.6) is 0 Å². The first-order chi connectivity index (χ1) is 4.45. The van der Waals surface area contributed by atoms with E-state index in [1.54, 1.807) is 0 Å². The molecule has 0 aliphatic carbocycles. The smallest absolute Gasteiger partial charge is 0.0393 e. The molecule has 1 heteroatoms. The van der Waals surface area contributed by atoms with Gasteiger partial charge >= 0.3 is 0 Å². The molecule has 0 nitrogen and oxygen atoms in total. The van der Waals surface area contributed by atoms with Crippen molar-refractivity contribution in [1.82, 2.24) is 0 Å². The van der Waals surface area contributed by atoms with Gasteiger partial charge in [0.15, 0.2) is 0 Å². The normalized spacial score (nSPS) is 13.9. The summed E-state index contributed by atoms with van der Waals surface area (Å²) in [6, 6.07) is 0. The third kappa shape index (κ3) is 6.15. The van der Waals surface area contributed by atoms with E-state index in [2.05, 4.69) is 33.8 Å². The van der Waals surface area contributed by atoms with Crippen molar-refractivity contribution in [3.8, 4) is 0 Å². The first-order valence-electron chi connectivity index (χ1n) is 3.76. The molecule has 0 atom stereocenters. The average Bonchev–Trinajstić information content (AvgIpc) is 1.81. The van der Waals surface area contributed by atoms with E-state index < -0.39 is 0 Å². The maximum atomic E-state index is 6.01. The molecule has 0 aromatic heterocycles. The number of halogens is 1. The second kappa shape index (κ2) is 4.02. The molecule has 0 aliphatic rings. The van der Waals surface area contributed by atoms with E-state index in [4.69, 9.17) is 11.6 Å². The number of rotatable bonds is 3. The molecule has 10 heavy (non-hydrogen) atoms. The first-order valence-corrected chi connectivity index (χ1v) is 4.14. The van der Waals surface area contributed by atoms with Gasteiger partial charge in [0.25, 0.3) is 0 Å². The number of hydrogen-bond acceptors (Lipinski definition) is 0. The van der Waals surface area contributed by atoms with Crippen LogP contribution < -0.4 is 0 Å². The Balaban J connectivity index is 3.56. The summed E-state index contributed by atoms with van der Waals surface area (Å²) >= 11 is 6.01. The van der Waals surface area contributed by atoms with Crippen LogP contribution in [0.15, 0.2) is 11.6 Å². The summed E-state index contributed by atoms with van der Waals surface area (Å²) in [7, 11) is 0. The Morgan fingerprint density at radius 2 is 2.00 bits per heavy atom. The van der Waals surface area contributed by atoms with Gasteiger partial charge in [-0.25, -0.2) is 0 Å². The van der Waals surface area contributed by atoms with E-state index in [1.165, 1.54) is 5.57 Å². The van der Waals surface area contributed by atoms with Crippen molar-refractivity contribution in [3.05, 3.63) is 11.6 Å². The molecule has 0 heterocycles. The monoisotopic (exact) mass is 160 g/mol. The van der Waals surface area contributed by atoms with E-state index in [-0.39, 0.29) is 4.87 Å². The van der Waals surface area contributed by atoms with Crippen molar-refractivity contribution in [3.63, 3.8) is 0 Å². The minimum atomic E-state index is -0.0374. The third-order valence-corrected chi connectivity index (χ3v) is 1.80. The summed E-state index contributed by atoms with van der Waals surface area (Å²) < 4.78 is 0. The number of hydrogen-bond donors (Lipinski definition) is 0. The van der Waals surface area contributed by atoms with Crippen molar-refractivity contribution in [1.29, 1.82) is 0 Å². The Morgan fingerprint density at radius 3 is 2.30 bits per heavy atom. The zero-order chi connectivity index (χ0) is 8.20. The summed E-state index contributed by atoms with van der Waals surface area (Å²) in [6.45, 7) is 8.31. The third-order valence-electron chi connectivity index (χ3n) is 1.61. The lowest BCUT2D eigenvalue weighted by molar-refractivity contribution is 0.624. The second-order valence-corrected chi connectivity index (χ2v) is 4.38. The van der Waals surface area contributed by atoms with Crippen LogP contribution in [0.1, 0.15) is 40.5 Å². The Labute approximate surface area is 69.3 Å². The Kier molecular flexibility index (Phi) is 4.04. The van der Waals surface area contributed by atoms with Crippen molar-refractivity contribution >= 4 is 11.6 Å². The van der Waals surface area contributed by atoms with Crippen LogP contribution in [-0.4, -0.2) is 4.87 Å². The molecule has 0 unspecified atom stereocenters. The Bertz CT molecular complexity index is 117. The molecule has 0 saturated carbocycles. The minimum absolute atomic E-state index is 0.0374. The van der Waals surface area contributed by atoms with Crippen molar-refractivity contribution in [2.75, 3.05) is 0 Å². The Hall–Kier alpha value is 0.0300. The van der Waals surface area contributed by atoms with Crippen molar-refractivity contribution in [2.45, 2.75) is 45.4 Å². The minimum Gasteiger partial charge on any atom is -0.120 e. The summed E-state index contributed by atoms with van der Waals surface area (Å²) in [5, 5.41) is 0. The maximum absolute atomic E-state index is 6.01. The number of allylic oxidation sites excluding steroid dienone is 2. The van der Waals surface area contributed by atoms with E-state index in [1.807, 2.05) is 0 Å². The van der Waals surface area contributed by atoms with Gasteiger partial charge in [0.1, 0.15) is 0 Å². The standard InChI is InChI=1S/C9H17Cl/c1-5-8(2)6-7-9(3,4)10/h5H,6-7H2,1-4H3/b8-5+. The molecule has 0 N–H and O–H groups in total. The molecule has 0 spiro atoms. The van der Waals surface area contributed by atoms with Gasteiger partial charge < -0.3 is 0 Å². The van der Waals surface area contributed by atoms with Gasteiger partial charge in [0.2, 0.25) is 0 Å². The van der Waals surface area contributed by atoms with Crippen LogP contribution in [-0.2, 0) is 0 Å². The van der Waals surface area contributed by atoms with Crippen molar-refractivity contribution < 1.29 is 0 Å². The molecule has 0 aromatic rings. The van der Waals surface area contributed by atoms with Gasteiger partial charge in [-0.05, 0) is 40.5 Å². The van der Waals surface area contributed by atoms with Crippen LogP contribution in [0.25, 0.3) is 0 Å². The second-order valence-electron chi connectivity index (χ2n) is 3.35. The molecule has 0 fully saturated rings. The average molecular weight is 161 g/mol. The number of alkyl halides is 1. The molecule has 0 aliphatic heterocycles. The molecule has 0 bridgehead atoms. The van der Waals surface area contributed by atoms with E-state index in [0.29, 0.717) is 0 Å². The van der Waals surface area contributed by atoms with Gasteiger partial charge in [-0.1, -0.05) is 11.6 Å². The van der Waals surface area contributed by atoms with E-state index in [9.17, 15) is 0 Å². The fraction of sp³-hybridized carbons (Fsp3) is 0.778. The SMILES string of the molecule is C/C=C(\C)CCC(C)(C)Cl. The van der Waals surface area contributed by atoms with E-state index in [0.717, 1.165) is 12.8 Å². The highest BCUT2D eigenvalue weighted by atomic mass is 35.5. The summed E-state index contributed by atoms with van der Waals surface area (Å²) in [5.41, 5.74) is 1.42.